The summed E-state index contributed by atoms with van der Waals surface area (Å²) in [6, 6.07) is 0. The second-order valence-electron chi connectivity index (χ2n) is 13.6. The van der Waals surface area contributed by atoms with E-state index in [4.69, 9.17) is 14.2 Å². The van der Waals surface area contributed by atoms with Crippen LogP contribution >= 0.6 is 136 Å². The Morgan fingerprint density at radius 3 is 1.05 bits per heavy atom. The normalized spacial score (nSPS) is 14.1. The molecule has 63 heavy (non-hydrogen) atoms. The third-order valence-electron chi connectivity index (χ3n) is 7.99. The number of carbonyl (C=O) groups excluding carboxylic acids is 6. The third-order valence-corrected chi connectivity index (χ3v) is 14.5. The molecule has 21 nitrogen and oxygen atoms in total. The molecule has 12 N–H and O–H groups in total. The highest BCUT2D eigenvalue weighted by Gasteiger charge is 2.33. The van der Waals surface area contributed by atoms with Crippen LogP contribution in [0.3, 0.4) is 0 Å². The molecule has 0 fully saturated rings. The third kappa shape index (κ3) is 17.4. The molecule has 4 atom stereocenters. The van der Waals surface area contributed by atoms with E-state index < -0.39 is 72.3 Å². The molecular formula is C36H46I6N6O15. The maximum Gasteiger partial charge on any atom is 0.255 e. The number of benzene rings is 2. The number of halogens is 6. The Balaban J connectivity index is 1.92. The number of carbonyl (C=O) groups is 6. The second-order valence-corrected chi connectivity index (χ2v) is 20.1. The standard InChI is InChI=1S/C36H46I6N6O15/c1-15(51)29(53)45-27-23(39)17(21(37)19(25(27)41)33(57)47-35(3,59)13-49)31(55)43-5-7-61-9-11-63-12-10-62-8-6-44-32(56)18-22(38)20(34(58)48-36(4,60)14-50)26(42)28(24(18)40)46-30(54)16(2)52/h15-16,49-52,59-60H,5-14H2,1-4H3,(H,43,55)(H,44,56)(H,45,53)(H,46,54)(H,47,57)(H,48,58). The summed E-state index contributed by atoms with van der Waals surface area (Å²) in [4.78, 5) is 78.1. The number of aliphatic hydroxyl groups excluding tert-OH is 4. The number of aliphatic hydroxyl groups is 6. The Bertz CT molecular complexity index is 1880. The molecular weight excluding hydrogens is 1520 g/mol. The summed E-state index contributed by atoms with van der Waals surface area (Å²) in [5.41, 5.74) is -3.76. The summed E-state index contributed by atoms with van der Waals surface area (Å²) in [5, 5.41) is 74.0. The van der Waals surface area contributed by atoms with Crippen LogP contribution in [0.2, 0.25) is 0 Å². The molecule has 27 heteroatoms. The molecule has 0 saturated carbocycles. The lowest BCUT2D eigenvalue weighted by molar-refractivity contribution is -0.123. The van der Waals surface area contributed by atoms with Crippen molar-refractivity contribution in [3.8, 4) is 0 Å². The summed E-state index contributed by atoms with van der Waals surface area (Å²) < 4.78 is 18.1. The number of ether oxygens (including phenoxy) is 3. The van der Waals surface area contributed by atoms with Crippen molar-refractivity contribution < 1.29 is 73.6 Å². The van der Waals surface area contributed by atoms with Crippen LogP contribution in [-0.2, 0) is 23.8 Å². The van der Waals surface area contributed by atoms with Gasteiger partial charge in [0.2, 0.25) is 0 Å². The maximum atomic E-state index is 13.4. The molecule has 2 aromatic carbocycles. The Kier molecular flexibility index (Phi) is 25.3. The topological polar surface area (TPSA) is 324 Å². The molecule has 4 unspecified atom stereocenters. The van der Waals surface area contributed by atoms with Crippen molar-refractivity contribution in [3.63, 3.8) is 0 Å². The first-order chi connectivity index (χ1) is 29.3. The van der Waals surface area contributed by atoms with Crippen molar-refractivity contribution in [1.29, 1.82) is 0 Å². The van der Waals surface area contributed by atoms with E-state index in [-0.39, 0.29) is 108 Å². The van der Waals surface area contributed by atoms with E-state index in [0.29, 0.717) is 0 Å². The predicted molar refractivity (Wildman–Crippen MR) is 277 cm³/mol. The minimum Gasteiger partial charge on any atom is -0.391 e. The number of anilines is 2. The highest BCUT2D eigenvalue weighted by atomic mass is 127. The van der Waals surface area contributed by atoms with Gasteiger partial charge >= 0.3 is 0 Å². The van der Waals surface area contributed by atoms with Gasteiger partial charge in [-0.05, 0) is 163 Å². The first kappa shape index (κ1) is 58.4. The lowest BCUT2D eigenvalue weighted by Crippen LogP contribution is -2.49. The van der Waals surface area contributed by atoms with Crippen molar-refractivity contribution in [2.45, 2.75) is 51.4 Å². The van der Waals surface area contributed by atoms with Gasteiger partial charge in [-0.1, -0.05) is 0 Å². The Hall–Kier alpha value is -0.720. The quantitative estimate of drug-likeness (QED) is 0.0397. The maximum absolute atomic E-state index is 13.4. The van der Waals surface area contributed by atoms with Crippen LogP contribution < -0.4 is 31.9 Å². The second kappa shape index (κ2) is 27.3. The molecule has 352 valence electrons. The number of hydrogen-bond acceptors (Lipinski definition) is 15. The minimum atomic E-state index is -1.98. The lowest BCUT2D eigenvalue weighted by Gasteiger charge is -2.24. The Morgan fingerprint density at radius 2 is 0.778 bits per heavy atom. The Labute approximate surface area is 443 Å². The van der Waals surface area contributed by atoms with E-state index in [0.717, 1.165) is 0 Å². The molecule has 2 aromatic rings. The van der Waals surface area contributed by atoms with E-state index in [1.807, 2.05) is 136 Å². The first-order valence-corrected chi connectivity index (χ1v) is 24.8. The van der Waals surface area contributed by atoms with E-state index in [1.54, 1.807) is 0 Å². The summed E-state index contributed by atoms with van der Waals surface area (Å²) in [6.07, 6.45) is -2.80. The van der Waals surface area contributed by atoms with Gasteiger partial charge in [-0.2, -0.15) is 0 Å². The molecule has 0 spiro atoms. The van der Waals surface area contributed by atoms with Crippen molar-refractivity contribution in [3.05, 3.63) is 43.7 Å². The number of rotatable bonds is 24. The number of nitrogens with one attached hydrogen (secondary N) is 6. The molecule has 0 aliphatic carbocycles. The molecule has 0 saturated heterocycles. The summed E-state index contributed by atoms with van der Waals surface area (Å²) in [5.74, 6) is -4.40. The monoisotopic (exact) mass is 1560 g/mol. The van der Waals surface area contributed by atoms with Crippen LogP contribution in [-0.4, -0.2) is 156 Å². The average Bonchev–Trinajstić information content (AvgIpc) is 3.19. The zero-order chi connectivity index (χ0) is 48.0. The fourth-order valence-electron chi connectivity index (χ4n) is 4.69. The van der Waals surface area contributed by atoms with Gasteiger partial charge < -0.3 is 76.8 Å². The molecule has 0 aliphatic rings. The highest BCUT2D eigenvalue weighted by molar-refractivity contribution is 14.1. The molecule has 6 amide bonds. The van der Waals surface area contributed by atoms with Crippen molar-refractivity contribution >= 4 is 182 Å². The lowest BCUT2D eigenvalue weighted by atomic mass is 10.1. The van der Waals surface area contributed by atoms with E-state index >= 15 is 0 Å². The van der Waals surface area contributed by atoms with E-state index in [2.05, 4.69) is 31.9 Å². The zero-order valence-electron chi connectivity index (χ0n) is 33.9. The summed E-state index contributed by atoms with van der Waals surface area (Å²) >= 11 is 10.9. The Morgan fingerprint density at radius 1 is 0.508 bits per heavy atom. The minimum absolute atomic E-state index is 0.0454. The van der Waals surface area contributed by atoms with Gasteiger partial charge in [0, 0.05) is 20.2 Å². The van der Waals surface area contributed by atoms with Crippen LogP contribution in [0.15, 0.2) is 0 Å². The first-order valence-electron chi connectivity index (χ1n) is 18.3. The molecule has 0 radical (unpaired) electrons. The average molecular weight is 1560 g/mol. The van der Waals surface area contributed by atoms with Gasteiger partial charge in [-0.15, -0.1) is 0 Å². The van der Waals surface area contributed by atoms with Crippen molar-refractivity contribution in [1.82, 2.24) is 21.3 Å². The van der Waals surface area contributed by atoms with Gasteiger partial charge in [0.05, 0.1) is 101 Å². The smallest absolute Gasteiger partial charge is 0.255 e. The fourth-order valence-corrected chi connectivity index (χ4v) is 13.5. The summed E-state index contributed by atoms with van der Waals surface area (Å²) in [7, 11) is 0. The van der Waals surface area contributed by atoms with Gasteiger partial charge in [0.25, 0.3) is 35.4 Å². The fraction of sp³-hybridized carbons (Fsp3) is 0.500. The van der Waals surface area contributed by atoms with Crippen molar-refractivity contribution in [2.24, 2.45) is 0 Å². The van der Waals surface area contributed by atoms with Gasteiger partial charge in [0.1, 0.15) is 12.2 Å². The van der Waals surface area contributed by atoms with Crippen LogP contribution in [0.5, 0.6) is 0 Å². The van der Waals surface area contributed by atoms with Crippen LogP contribution in [0.1, 0.15) is 69.1 Å². The number of hydrogen-bond donors (Lipinski definition) is 12. The zero-order valence-corrected chi connectivity index (χ0v) is 46.8. The molecule has 0 aliphatic heterocycles. The highest BCUT2D eigenvalue weighted by Crippen LogP contribution is 2.37. The summed E-state index contributed by atoms with van der Waals surface area (Å²) in [6.45, 7) is 4.27. The predicted octanol–water partition coefficient (Wildman–Crippen LogP) is 1.02. The van der Waals surface area contributed by atoms with Gasteiger partial charge in [-0.3, -0.25) is 28.8 Å². The van der Waals surface area contributed by atoms with Crippen molar-refractivity contribution in [2.75, 3.05) is 76.6 Å². The largest absolute Gasteiger partial charge is 0.391 e. The van der Waals surface area contributed by atoms with Gasteiger partial charge in [0.15, 0.2) is 11.4 Å². The molecule has 0 aromatic heterocycles. The molecule has 2 rings (SSSR count). The van der Waals surface area contributed by atoms with Crippen LogP contribution in [0.4, 0.5) is 11.4 Å². The van der Waals surface area contributed by atoms with Crippen LogP contribution in [0.25, 0.3) is 0 Å². The molecule has 0 heterocycles. The van der Waals surface area contributed by atoms with E-state index in [1.165, 1.54) is 27.7 Å². The van der Waals surface area contributed by atoms with Gasteiger partial charge in [-0.25, -0.2) is 0 Å². The van der Waals surface area contributed by atoms with E-state index in [9.17, 15) is 59.4 Å². The van der Waals surface area contributed by atoms with Crippen LogP contribution in [0, 0.1) is 21.4 Å². The molecule has 0 bridgehead atoms. The number of amides is 6. The SMILES string of the molecule is CC(O)C(=O)Nc1c(I)c(C(=O)NCCOCCOCCOCCNC(=O)c2c(I)c(NC(=O)C(C)O)c(I)c(C(=O)NC(C)(O)CO)c2I)c(I)c(C(=O)NC(C)(O)CO)c1I.